The summed E-state index contributed by atoms with van der Waals surface area (Å²) in [5.41, 5.74) is 3.01. The number of benzene rings is 1. The van der Waals surface area contributed by atoms with Gasteiger partial charge in [0.2, 0.25) is 0 Å². The Hall–Kier alpha value is -1.31. The minimum atomic E-state index is -0.0504. The Morgan fingerprint density at radius 2 is 1.43 bits per heavy atom. The first-order valence-electron chi connectivity index (χ1n) is 7.83. The van der Waals surface area contributed by atoms with Gasteiger partial charge in [0.05, 0.1) is 7.11 Å². The lowest BCUT2D eigenvalue weighted by Crippen LogP contribution is -2.20. The smallest absolute Gasteiger partial charge is 0.165 e. The van der Waals surface area contributed by atoms with Gasteiger partial charge in [0.25, 0.3) is 0 Å². The third-order valence-electron chi connectivity index (χ3n) is 4.14. The molecule has 1 aromatic carbocycles. The van der Waals surface area contributed by atoms with Crippen molar-refractivity contribution in [2.75, 3.05) is 7.11 Å². The second-order valence-corrected chi connectivity index (χ2v) is 8.24. The summed E-state index contributed by atoms with van der Waals surface area (Å²) >= 11 is 0. The van der Waals surface area contributed by atoms with Crippen molar-refractivity contribution in [2.24, 2.45) is 5.92 Å². The fraction of sp³-hybridized carbons (Fsp3) is 0.632. The van der Waals surface area contributed by atoms with E-state index in [4.69, 9.17) is 4.74 Å². The predicted octanol–water partition coefficient (Wildman–Crippen LogP) is 4.88. The molecule has 1 saturated carbocycles. The zero-order valence-electron chi connectivity index (χ0n) is 14.5. The Morgan fingerprint density at radius 3 is 1.71 bits per heavy atom. The average Bonchev–Trinajstić information content (AvgIpc) is 3.18. The maximum absolute atomic E-state index is 12.5. The first-order chi connectivity index (χ1) is 9.55. The van der Waals surface area contributed by atoms with E-state index in [0.717, 1.165) is 35.3 Å². The number of ketones is 1. The normalized spacial score (nSPS) is 16.0. The van der Waals surface area contributed by atoms with E-state index in [1.54, 1.807) is 7.11 Å². The van der Waals surface area contributed by atoms with Crippen molar-refractivity contribution in [1.29, 1.82) is 0 Å². The maximum atomic E-state index is 12.5. The lowest BCUT2D eigenvalue weighted by molar-refractivity contribution is 0.0967. The van der Waals surface area contributed by atoms with Gasteiger partial charge in [-0.25, -0.2) is 0 Å². The van der Waals surface area contributed by atoms with E-state index in [1.165, 1.54) is 0 Å². The summed E-state index contributed by atoms with van der Waals surface area (Å²) < 4.78 is 5.73. The molecule has 0 unspecified atom stereocenters. The van der Waals surface area contributed by atoms with E-state index in [9.17, 15) is 4.79 Å². The molecule has 1 fully saturated rings. The van der Waals surface area contributed by atoms with Crippen LogP contribution in [0.5, 0.6) is 5.75 Å². The first-order valence-corrected chi connectivity index (χ1v) is 7.83. The lowest BCUT2D eigenvalue weighted by atomic mass is 9.77. The summed E-state index contributed by atoms with van der Waals surface area (Å²) in [4.78, 5) is 12.5. The van der Waals surface area contributed by atoms with Crippen molar-refractivity contribution >= 4 is 5.78 Å². The lowest BCUT2D eigenvalue weighted by Gasteiger charge is -2.29. The number of carbonyl (C=O) groups is 1. The van der Waals surface area contributed by atoms with Crippen LogP contribution in [0, 0.1) is 5.92 Å². The van der Waals surface area contributed by atoms with Gasteiger partial charge in [-0.05, 0) is 35.8 Å². The van der Waals surface area contributed by atoms with E-state index in [2.05, 4.69) is 53.7 Å². The number of rotatable bonds is 3. The summed E-state index contributed by atoms with van der Waals surface area (Å²) in [7, 11) is 1.72. The van der Waals surface area contributed by atoms with Crippen molar-refractivity contribution in [1.82, 2.24) is 0 Å². The third-order valence-corrected chi connectivity index (χ3v) is 4.14. The largest absolute Gasteiger partial charge is 0.496 e. The van der Waals surface area contributed by atoms with Gasteiger partial charge < -0.3 is 4.74 Å². The number of ether oxygens (including phenoxy) is 1. The highest BCUT2D eigenvalue weighted by atomic mass is 16.5. The molecule has 116 valence electrons. The predicted molar refractivity (Wildman–Crippen MR) is 87.4 cm³/mol. The molecule has 0 amide bonds. The van der Waals surface area contributed by atoms with Crippen LogP contribution in [0.25, 0.3) is 0 Å². The fourth-order valence-corrected chi connectivity index (χ4v) is 2.69. The Bertz CT molecular complexity index is 517. The molecule has 0 spiro atoms. The number of hydrogen-bond acceptors (Lipinski definition) is 2. The van der Waals surface area contributed by atoms with Gasteiger partial charge in [0, 0.05) is 22.6 Å². The quantitative estimate of drug-likeness (QED) is 0.741. The highest BCUT2D eigenvalue weighted by molar-refractivity contribution is 6.00. The van der Waals surface area contributed by atoms with Gasteiger partial charge in [-0.2, -0.15) is 0 Å². The van der Waals surface area contributed by atoms with Crippen LogP contribution < -0.4 is 4.74 Å². The van der Waals surface area contributed by atoms with Crippen LogP contribution in [0.3, 0.4) is 0 Å². The van der Waals surface area contributed by atoms with Crippen LogP contribution >= 0.6 is 0 Å². The summed E-state index contributed by atoms with van der Waals surface area (Å²) in [6.07, 6.45) is 2.08. The molecule has 1 aliphatic carbocycles. The molecule has 2 nitrogen and oxygen atoms in total. The fourth-order valence-electron chi connectivity index (χ4n) is 2.69. The SMILES string of the molecule is COc1c(C(C)(C)C)cc(C(=O)C2CC2)cc1C(C)(C)C. The van der Waals surface area contributed by atoms with Crippen molar-refractivity contribution in [3.63, 3.8) is 0 Å². The van der Waals surface area contributed by atoms with E-state index >= 15 is 0 Å². The Kier molecular flexibility index (Phi) is 3.94. The van der Waals surface area contributed by atoms with Crippen LogP contribution in [-0.2, 0) is 10.8 Å². The maximum Gasteiger partial charge on any atom is 0.165 e. The molecular formula is C19H28O2. The highest BCUT2D eigenvalue weighted by Gasteiger charge is 2.34. The molecule has 0 N–H and O–H groups in total. The number of methoxy groups -OCH3 is 1. The van der Waals surface area contributed by atoms with Gasteiger partial charge in [-0.15, -0.1) is 0 Å². The zero-order chi connectivity index (χ0) is 16.0. The topological polar surface area (TPSA) is 26.3 Å². The van der Waals surface area contributed by atoms with E-state index in [-0.39, 0.29) is 16.7 Å². The van der Waals surface area contributed by atoms with E-state index in [0.29, 0.717) is 5.78 Å². The van der Waals surface area contributed by atoms with Crippen molar-refractivity contribution in [2.45, 2.75) is 65.2 Å². The number of hydrogen-bond donors (Lipinski definition) is 0. The van der Waals surface area contributed by atoms with Gasteiger partial charge in [-0.3, -0.25) is 4.79 Å². The van der Waals surface area contributed by atoms with Crippen LogP contribution in [0.1, 0.15) is 75.9 Å². The average molecular weight is 288 g/mol. The monoisotopic (exact) mass is 288 g/mol. The van der Waals surface area contributed by atoms with Crippen molar-refractivity contribution in [3.8, 4) is 5.75 Å². The molecule has 2 heteroatoms. The Morgan fingerprint density at radius 1 is 1.00 bits per heavy atom. The first kappa shape index (κ1) is 16.1. The van der Waals surface area contributed by atoms with Crippen molar-refractivity contribution < 1.29 is 9.53 Å². The summed E-state index contributed by atoms with van der Waals surface area (Å²) in [5, 5.41) is 0. The molecule has 21 heavy (non-hydrogen) atoms. The van der Waals surface area contributed by atoms with E-state index < -0.39 is 0 Å². The molecule has 0 aromatic heterocycles. The zero-order valence-corrected chi connectivity index (χ0v) is 14.5. The minimum Gasteiger partial charge on any atom is -0.496 e. The molecule has 0 radical (unpaired) electrons. The molecular weight excluding hydrogens is 260 g/mol. The second kappa shape index (κ2) is 5.15. The minimum absolute atomic E-state index is 0.0504. The second-order valence-electron chi connectivity index (χ2n) is 8.24. The number of Topliss-reactive ketones (excluding diaryl/α,β-unsaturated/α-hetero) is 1. The Balaban J connectivity index is 2.67. The van der Waals surface area contributed by atoms with Gasteiger partial charge >= 0.3 is 0 Å². The van der Waals surface area contributed by atoms with Gasteiger partial charge in [0.15, 0.2) is 5.78 Å². The van der Waals surface area contributed by atoms with Crippen LogP contribution in [-0.4, -0.2) is 12.9 Å². The molecule has 2 rings (SSSR count). The summed E-state index contributed by atoms with van der Waals surface area (Å²) in [5.74, 6) is 1.48. The summed E-state index contributed by atoms with van der Waals surface area (Å²) in [6.45, 7) is 13.0. The molecule has 0 saturated heterocycles. The molecule has 0 atom stereocenters. The van der Waals surface area contributed by atoms with Crippen molar-refractivity contribution in [3.05, 3.63) is 28.8 Å². The molecule has 0 heterocycles. The molecule has 0 aliphatic heterocycles. The molecule has 1 aromatic rings. The molecule has 0 bridgehead atoms. The van der Waals surface area contributed by atoms with Crippen LogP contribution in [0.15, 0.2) is 12.1 Å². The number of carbonyl (C=O) groups excluding carboxylic acids is 1. The van der Waals surface area contributed by atoms with E-state index in [1.807, 2.05) is 0 Å². The van der Waals surface area contributed by atoms with Gasteiger partial charge in [-0.1, -0.05) is 41.5 Å². The highest BCUT2D eigenvalue weighted by Crippen LogP contribution is 2.42. The standard InChI is InChI=1S/C19H28O2/c1-18(2,3)14-10-13(16(20)12-8-9-12)11-15(17(14)21-7)19(4,5)6/h10-12H,8-9H2,1-7H3. The molecule has 1 aliphatic rings. The summed E-state index contributed by atoms with van der Waals surface area (Å²) in [6, 6.07) is 4.10. The van der Waals surface area contributed by atoms with Crippen LogP contribution in [0.4, 0.5) is 0 Å². The third kappa shape index (κ3) is 3.30. The van der Waals surface area contributed by atoms with Crippen LogP contribution in [0.2, 0.25) is 0 Å². The van der Waals surface area contributed by atoms with Gasteiger partial charge in [0.1, 0.15) is 5.75 Å². The Labute approximate surface area is 128 Å².